The van der Waals surface area contributed by atoms with E-state index in [4.69, 9.17) is 14.2 Å². The summed E-state index contributed by atoms with van der Waals surface area (Å²) >= 11 is 0. The number of ketones is 1. The van der Waals surface area contributed by atoms with Crippen LogP contribution in [0.15, 0.2) is 47.6 Å². The predicted molar refractivity (Wildman–Crippen MR) is 105 cm³/mol. The second-order valence-electron chi connectivity index (χ2n) is 7.35. The molecule has 0 N–H and O–H groups in total. The highest BCUT2D eigenvalue weighted by Crippen LogP contribution is 2.39. The molecule has 156 valence electrons. The van der Waals surface area contributed by atoms with Crippen molar-refractivity contribution in [1.29, 1.82) is 0 Å². The third-order valence-electron chi connectivity index (χ3n) is 5.02. The van der Waals surface area contributed by atoms with Gasteiger partial charge in [-0.25, -0.2) is 9.59 Å². The van der Waals surface area contributed by atoms with Gasteiger partial charge in [-0.1, -0.05) is 24.8 Å². The molecule has 7 heteroatoms. The Labute approximate surface area is 170 Å². The van der Waals surface area contributed by atoms with E-state index >= 15 is 0 Å². The zero-order valence-electron chi connectivity index (χ0n) is 17.2. The molecule has 0 aromatic rings. The van der Waals surface area contributed by atoms with Crippen LogP contribution in [0.2, 0.25) is 0 Å². The molecule has 1 saturated heterocycles. The van der Waals surface area contributed by atoms with Crippen LogP contribution in [0.5, 0.6) is 0 Å². The molecule has 0 aromatic heterocycles. The summed E-state index contributed by atoms with van der Waals surface area (Å²) in [5, 5.41) is 0. The van der Waals surface area contributed by atoms with Crippen molar-refractivity contribution in [3.63, 3.8) is 0 Å². The zero-order chi connectivity index (χ0) is 21.9. The molecule has 0 aromatic carbocycles. The summed E-state index contributed by atoms with van der Waals surface area (Å²) in [5.41, 5.74) is 1.48. The molecule has 4 atom stereocenters. The van der Waals surface area contributed by atoms with E-state index in [1.54, 1.807) is 26.8 Å². The van der Waals surface area contributed by atoms with Crippen LogP contribution in [-0.4, -0.2) is 42.0 Å². The summed E-state index contributed by atoms with van der Waals surface area (Å²) in [4.78, 5) is 48.8. The van der Waals surface area contributed by atoms with Gasteiger partial charge in [0.2, 0.25) is 0 Å². The van der Waals surface area contributed by atoms with Crippen molar-refractivity contribution in [2.75, 3.05) is 0 Å². The quantitative estimate of drug-likeness (QED) is 0.310. The van der Waals surface area contributed by atoms with Gasteiger partial charge in [-0.15, -0.1) is 0 Å². The fourth-order valence-corrected chi connectivity index (χ4v) is 3.47. The van der Waals surface area contributed by atoms with Gasteiger partial charge in [-0.2, -0.15) is 0 Å². The highest BCUT2D eigenvalue weighted by Gasteiger charge is 2.50. The molecule has 1 heterocycles. The molecule has 0 radical (unpaired) electrons. The molecule has 7 nitrogen and oxygen atoms in total. The second-order valence-corrected chi connectivity index (χ2v) is 7.35. The number of ether oxygens (including phenoxy) is 3. The summed E-state index contributed by atoms with van der Waals surface area (Å²) in [5.74, 6) is -2.81. The van der Waals surface area contributed by atoms with Crippen LogP contribution in [0.1, 0.15) is 40.5 Å². The molecule has 1 fully saturated rings. The third-order valence-corrected chi connectivity index (χ3v) is 5.02. The number of fused-ring (bicyclic) bond motifs is 1. The molecule has 0 bridgehead atoms. The minimum atomic E-state index is -1.000. The Bertz CT molecular complexity index is 830. The molecule has 1 aliphatic heterocycles. The predicted octanol–water partition coefficient (Wildman–Crippen LogP) is 2.76. The van der Waals surface area contributed by atoms with Crippen LogP contribution < -0.4 is 0 Å². The average molecular weight is 402 g/mol. The molecule has 29 heavy (non-hydrogen) atoms. The molecule has 2 aliphatic rings. The maximum absolute atomic E-state index is 12.4. The molecule has 2 rings (SSSR count). The maximum atomic E-state index is 12.4. The van der Waals surface area contributed by atoms with Crippen LogP contribution in [0.3, 0.4) is 0 Å². The summed E-state index contributed by atoms with van der Waals surface area (Å²) in [6.07, 6.45) is 0.326. The van der Waals surface area contributed by atoms with Gasteiger partial charge >= 0.3 is 17.9 Å². The number of hydrogen-bond acceptors (Lipinski definition) is 7. The molecular weight excluding hydrogens is 376 g/mol. The fourth-order valence-electron chi connectivity index (χ4n) is 3.47. The Morgan fingerprint density at radius 2 is 1.86 bits per heavy atom. The SMILES string of the molecule is C=C1CC(=O)/C=C(\C)[C@H](OC(C)=O)[C@@H]2OC(=O)C(=C)[C@@H]2C(OC(=O)/C(C)=C/C)C1. The van der Waals surface area contributed by atoms with Crippen molar-refractivity contribution in [2.45, 2.75) is 58.8 Å². The standard InChI is InChI=1S/C22H26O7/c1-7-12(3)21(25)28-17-9-11(2)8-16(24)10-13(4)19(27-15(6)23)20-18(17)14(5)22(26)29-20/h7,10,17-20H,2,5,8-9H2,1,3-4,6H3/b12-7+,13-10+/t17?,18-,19+,20-/m1/s1. The second kappa shape index (κ2) is 9.03. The first-order valence-corrected chi connectivity index (χ1v) is 9.33. The van der Waals surface area contributed by atoms with Crippen molar-refractivity contribution in [3.8, 4) is 0 Å². The maximum Gasteiger partial charge on any atom is 0.334 e. The summed E-state index contributed by atoms with van der Waals surface area (Å²) in [6.45, 7) is 13.9. The average Bonchev–Trinajstić information content (AvgIpc) is 2.91. The topological polar surface area (TPSA) is 96.0 Å². The Hall–Kier alpha value is -2.96. The van der Waals surface area contributed by atoms with E-state index < -0.39 is 42.1 Å². The first kappa shape index (κ1) is 22.3. The number of carbonyl (C=O) groups is 4. The van der Waals surface area contributed by atoms with Crippen molar-refractivity contribution in [3.05, 3.63) is 47.6 Å². The van der Waals surface area contributed by atoms with E-state index in [0.717, 1.165) is 0 Å². The lowest BCUT2D eigenvalue weighted by Gasteiger charge is -2.32. The number of rotatable bonds is 3. The van der Waals surface area contributed by atoms with Gasteiger partial charge in [0.15, 0.2) is 18.0 Å². The Balaban J connectivity index is 2.55. The lowest BCUT2D eigenvalue weighted by molar-refractivity contribution is -0.162. The molecular formula is C22H26O7. The number of carbonyl (C=O) groups excluding carboxylic acids is 4. The molecule has 1 unspecified atom stereocenters. The van der Waals surface area contributed by atoms with Crippen LogP contribution in [0.25, 0.3) is 0 Å². The van der Waals surface area contributed by atoms with Gasteiger partial charge in [0, 0.05) is 30.9 Å². The van der Waals surface area contributed by atoms with Gasteiger partial charge < -0.3 is 14.2 Å². The number of allylic oxidation sites excluding steroid dienone is 2. The monoisotopic (exact) mass is 402 g/mol. The van der Waals surface area contributed by atoms with Gasteiger partial charge in [-0.3, -0.25) is 9.59 Å². The lowest BCUT2D eigenvalue weighted by Crippen LogP contribution is -2.43. The summed E-state index contributed by atoms with van der Waals surface area (Å²) < 4.78 is 16.5. The molecule has 0 saturated carbocycles. The normalized spacial score (nSPS) is 30.1. The first-order valence-electron chi connectivity index (χ1n) is 9.33. The van der Waals surface area contributed by atoms with Crippen molar-refractivity contribution >= 4 is 23.7 Å². The van der Waals surface area contributed by atoms with E-state index in [1.807, 2.05) is 0 Å². The van der Waals surface area contributed by atoms with Crippen molar-refractivity contribution in [1.82, 2.24) is 0 Å². The lowest BCUT2D eigenvalue weighted by atomic mass is 9.82. The minimum absolute atomic E-state index is 0.0411. The van der Waals surface area contributed by atoms with Crippen LogP contribution in [0.4, 0.5) is 0 Å². The number of esters is 3. The molecule has 0 amide bonds. The Morgan fingerprint density at radius 1 is 1.21 bits per heavy atom. The highest BCUT2D eigenvalue weighted by molar-refractivity contribution is 5.93. The zero-order valence-corrected chi connectivity index (χ0v) is 17.2. The van der Waals surface area contributed by atoms with Crippen molar-refractivity contribution < 1.29 is 33.4 Å². The largest absolute Gasteiger partial charge is 0.458 e. The van der Waals surface area contributed by atoms with Crippen LogP contribution >= 0.6 is 0 Å². The van der Waals surface area contributed by atoms with E-state index in [-0.39, 0.29) is 24.2 Å². The van der Waals surface area contributed by atoms with Gasteiger partial charge in [0.1, 0.15) is 6.10 Å². The fraction of sp³-hybridized carbons (Fsp3) is 0.455. The van der Waals surface area contributed by atoms with Crippen molar-refractivity contribution in [2.24, 2.45) is 5.92 Å². The Kier molecular flexibility index (Phi) is 6.95. The number of hydrogen-bond donors (Lipinski definition) is 0. The van der Waals surface area contributed by atoms with E-state index in [1.165, 1.54) is 13.0 Å². The van der Waals surface area contributed by atoms with Crippen LogP contribution in [0, 0.1) is 5.92 Å². The smallest absolute Gasteiger partial charge is 0.334 e. The van der Waals surface area contributed by atoms with E-state index in [2.05, 4.69) is 13.2 Å². The first-order chi connectivity index (χ1) is 13.5. The third kappa shape index (κ3) is 5.10. The van der Waals surface area contributed by atoms with E-state index in [0.29, 0.717) is 16.7 Å². The summed E-state index contributed by atoms with van der Waals surface area (Å²) in [7, 11) is 0. The minimum Gasteiger partial charge on any atom is -0.458 e. The van der Waals surface area contributed by atoms with Gasteiger partial charge in [0.25, 0.3) is 0 Å². The highest BCUT2D eigenvalue weighted by atomic mass is 16.6. The Morgan fingerprint density at radius 3 is 2.45 bits per heavy atom. The molecule has 1 aliphatic carbocycles. The molecule has 0 spiro atoms. The van der Waals surface area contributed by atoms with Crippen LogP contribution in [-0.2, 0) is 33.4 Å². The summed E-state index contributed by atoms with van der Waals surface area (Å²) in [6, 6.07) is 0. The van der Waals surface area contributed by atoms with E-state index in [9.17, 15) is 19.2 Å². The van der Waals surface area contributed by atoms with Gasteiger partial charge in [0.05, 0.1) is 5.92 Å². The van der Waals surface area contributed by atoms with Gasteiger partial charge in [-0.05, 0) is 32.4 Å².